The number of carbonyl (C=O) groups is 4. The largest absolute Gasteiger partial charge is 0.481 e. The van der Waals surface area contributed by atoms with E-state index in [-0.39, 0.29) is 54.4 Å². The average Bonchev–Trinajstić information content (AvgIpc) is 3.21. The maximum absolute atomic E-state index is 12.3. The molecule has 0 spiro atoms. The standard InChI is InChI=1S/2C22H27N5O3/c23-21(24)15-10-8-14(9-11-15)4-1-2-7-19(28)27-18(13-20(29)30)16-5-3-6-17(12-16)22(25)26;23-21(24)16-7-5-14(6-8-16)3-1-2-4-19(28)27-18(13-20(29)30)15-9-11-17(12-10-15)22(25)26/h3,5-6,8-12,18H,1-2,4,7,13H2,(H3,23,24)(H3,25,26)(H,27,28)(H,29,30);5-12,18H,1-4,13H2,(H3,23,24)(H3,25,26)(H,27,28)(H,29,30). The van der Waals surface area contributed by atoms with Crippen LogP contribution in [0.4, 0.5) is 0 Å². The van der Waals surface area contributed by atoms with E-state index in [4.69, 9.17) is 49.7 Å². The van der Waals surface area contributed by atoms with E-state index in [1.54, 1.807) is 72.8 Å². The Bertz CT molecular complexity index is 2140. The highest BCUT2D eigenvalue weighted by atomic mass is 16.4. The number of aliphatic carboxylic acids is 2. The van der Waals surface area contributed by atoms with Gasteiger partial charge in [0.25, 0.3) is 0 Å². The lowest BCUT2D eigenvalue weighted by Crippen LogP contribution is -2.30. The number of nitrogens with one attached hydrogen (secondary N) is 6. The highest BCUT2D eigenvalue weighted by Crippen LogP contribution is 2.20. The van der Waals surface area contributed by atoms with Crippen molar-refractivity contribution >= 4 is 47.1 Å². The van der Waals surface area contributed by atoms with Crippen LogP contribution in [-0.2, 0) is 32.0 Å². The van der Waals surface area contributed by atoms with Crippen LogP contribution >= 0.6 is 0 Å². The fourth-order valence-electron chi connectivity index (χ4n) is 6.14. The molecule has 0 fully saturated rings. The molecular weight excluding hydrogens is 765 g/mol. The Morgan fingerprint density at radius 2 is 0.850 bits per heavy atom. The third kappa shape index (κ3) is 16.6. The van der Waals surface area contributed by atoms with Crippen molar-refractivity contribution in [3.05, 3.63) is 142 Å². The van der Waals surface area contributed by atoms with Crippen LogP contribution in [0.1, 0.15) is 108 Å². The maximum Gasteiger partial charge on any atom is 0.305 e. The van der Waals surface area contributed by atoms with E-state index >= 15 is 0 Å². The minimum absolute atomic E-state index is 0.0305. The van der Waals surface area contributed by atoms with E-state index in [1.807, 2.05) is 24.3 Å². The first-order valence-corrected chi connectivity index (χ1v) is 19.3. The molecule has 2 atom stereocenters. The first-order valence-electron chi connectivity index (χ1n) is 19.3. The van der Waals surface area contributed by atoms with Gasteiger partial charge in [-0.15, -0.1) is 0 Å². The Balaban J connectivity index is 0.000000320. The zero-order chi connectivity index (χ0) is 44.2. The Labute approximate surface area is 348 Å². The molecule has 0 radical (unpaired) electrons. The summed E-state index contributed by atoms with van der Waals surface area (Å²) in [5, 5.41) is 53.7. The monoisotopic (exact) mass is 818 g/mol. The van der Waals surface area contributed by atoms with E-state index in [1.165, 1.54) is 0 Å². The predicted molar refractivity (Wildman–Crippen MR) is 231 cm³/mol. The van der Waals surface area contributed by atoms with E-state index in [2.05, 4.69) is 10.6 Å². The second-order valence-electron chi connectivity index (χ2n) is 14.1. The van der Waals surface area contributed by atoms with Crippen LogP contribution in [0.25, 0.3) is 0 Å². The van der Waals surface area contributed by atoms with Crippen LogP contribution in [0.2, 0.25) is 0 Å². The number of amides is 2. The van der Waals surface area contributed by atoms with Crippen molar-refractivity contribution in [3.8, 4) is 0 Å². The van der Waals surface area contributed by atoms with E-state index < -0.39 is 24.0 Å². The van der Waals surface area contributed by atoms with Gasteiger partial charge in [-0.05, 0) is 66.8 Å². The molecular formula is C44H54N10O6. The van der Waals surface area contributed by atoms with Gasteiger partial charge < -0.3 is 43.8 Å². The number of aryl methyl sites for hydroxylation is 2. The van der Waals surface area contributed by atoms with Gasteiger partial charge in [-0.25, -0.2) is 0 Å². The Morgan fingerprint density at radius 3 is 1.22 bits per heavy atom. The molecule has 0 aromatic heterocycles. The van der Waals surface area contributed by atoms with Gasteiger partial charge in [-0.3, -0.25) is 40.8 Å². The third-order valence-electron chi connectivity index (χ3n) is 9.42. The second-order valence-corrected chi connectivity index (χ2v) is 14.1. The molecule has 316 valence electrons. The molecule has 0 saturated carbocycles. The number of rotatable bonds is 22. The topological polar surface area (TPSA) is 332 Å². The average molecular weight is 819 g/mol. The molecule has 16 heteroatoms. The van der Waals surface area contributed by atoms with E-state index in [9.17, 15) is 24.3 Å². The SMILES string of the molecule is N=C(N)c1ccc(CCCCC(=O)NC(CC(=O)O)c2ccc(C(=N)N)cc2)cc1.N=C(N)c1ccc(CCCCC(=O)NC(CC(=O)O)c2cccc(C(=N)N)c2)cc1. The molecule has 0 saturated heterocycles. The molecule has 0 heterocycles. The highest BCUT2D eigenvalue weighted by Gasteiger charge is 2.20. The molecule has 16 nitrogen and oxygen atoms in total. The number of hydrogen-bond acceptors (Lipinski definition) is 8. The lowest BCUT2D eigenvalue weighted by Gasteiger charge is -2.18. The third-order valence-corrected chi connectivity index (χ3v) is 9.42. The van der Waals surface area contributed by atoms with Gasteiger partial charge in [0.1, 0.15) is 23.3 Å². The molecule has 2 amide bonds. The normalized spacial score (nSPS) is 11.5. The van der Waals surface area contributed by atoms with Gasteiger partial charge in [0.2, 0.25) is 11.8 Å². The fourth-order valence-corrected chi connectivity index (χ4v) is 6.14. The summed E-state index contributed by atoms with van der Waals surface area (Å²) < 4.78 is 0. The summed E-state index contributed by atoms with van der Waals surface area (Å²) in [6.07, 6.45) is 4.64. The number of benzene rings is 4. The number of nitrogen functional groups attached to an aromatic ring is 4. The number of carboxylic acids is 2. The van der Waals surface area contributed by atoms with Gasteiger partial charge >= 0.3 is 11.9 Å². The maximum atomic E-state index is 12.3. The molecule has 0 aliphatic carbocycles. The van der Waals surface area contributed by atoms with Gasteiger partial charge in [0.05, 0.1) is 24.9 Å². The fraction of sp³-hybridized carbons (Fsp3) is 0.273. The number of amidine groups is 4. The van der Waals surface area contributed by atoms with E-state index in [0.717, 1.165) is 36.8 Å². The Kier molecular flexibility index (Phi) is 18.6. The number of carboxylic acid groups (broad SMARTS) is 2. The summed E-state index contributed by atoms with van der Waals surface area (Å²) in [5.41, 5.74) is 27.7. The first kappa shape index (κ1) is 47.0. The lowest BCUT2D eigenvalue weighted by molar-refractivity contribution is -0.139. The summed E-state index contributed by atoms with van der Waals surface area (Å²) in [5.74, 6) is -2.59. The van der Waals surface area contributed by atoms with Crippen molar-refractivity contribution in [2.24, 2.45) is 22.9 Å². The minimum atomic E-state index is -1.03. The van der Waals surface area contributed by atoms with Gasteiger partial charge in [-0.2, -0.15) is 0 Å². The quantitative estimate of drug-likeness (QED) is 0.0297. The zero-order valence-electron chi connectivity index (χ0n) is 33.3. The number of unbranched alkanes of at least 4 members (excludes halogenated alkanes) is 2. The van der Waals surface area contributed by atoms with Crippen LogP contribution in [0.15, 0.2) is 97.1 Å². The van der Waals surface area contributed by atoms with Gasteiger partial charge in [-0.1, -0.05) is 91.0 Å². The Hall–Kier alpha value is -7.36. The summed E-state index contributed by atoms with van der Waals surface area (Å²) >= 11 is 0. The van der Waals surface area contributed by atoms with Crippen molar-refractivity contribution in [1.82, 2.24) is 10.6 Å². The molecule has 16 N–H and O–H groups in total. The van der Waals surface area contributed by atoms with Gasteiger partial charge in [0, 0.05) is 35.1 Å². The van der Waals surface area contributed by atoms with E-state index in [0.29, 0.717) is 52.6 Å². The predicted octanol–water partition coefficient (Wildman–Crippen LogP) is 4.60. The summed E-state index contributed by atoms with van der Waals surface area (Å²) in [7, 11) is 0. The van der Waals surface area contributed by atoms with Crippen LogP contribution in [0, 0.1) is 21.6 Å². The summed E-state index contributed by atoms with van der Waals surface area (Å²) in [4.78, 5) is 47.1. The molecule has 2 unspecified atom stereocenters. The molecule has 0 bridgehead atoms. The zero-order valence-corrected chi connectivity index (χ0v) is 33.3. The van der Waals surface area contributed by atoms with Crippen LogP contribution in [-0.4, -0.2) is 57.3 Å². The lowest BCUT2D eigenvalue weighted by atomic mass is 10.00. The van der Waals surface area contributed by atoms with Crippen LogP contribution in [0.3, 0.4) is 0 Å². The molecule has 4 aromatic carbocycles. The van der Waals surface area contributed by atoms with Crippen molar-refractivity contribution in [2.45, 2.75) is 76.3 Å². The number of hydrogen-bond donors (Lipinski definition) is 12. The van der Waals surface area contributed by atoms with Gasteiger partial charge in [0.15, 0.2) is 0 Å². The second kappa shape index (κ2) is 23.8. The molecule has 4 rings (SSSR count). The minimum Gasteiger partial charge on any atom is -0.481 e. The summed E-state index contributed by atoms with van der Waals surface area (Å²) in [6.45, 7) is 0. The number of carbonyl (C=O) groups excluding carboxylic acids is 2. The molecule has 0 aliphatic rings. The highest BCUT2D eigenvalue weighted by molar-refractivity contribution is 5.96. The first-order chi connectivity index (χ1) is 28.5. The summed E-state index contributed by atoms with van der Waals surface area (Å²) in [6, 6.07) is 26.9. The van der Waals surface area contributed by atoms with Crippen LogP contribution in [0.5, 0.6) is 0 Å². The Morgan fingerprint density at radius 1 is 0.483 bits per heavy atom. The molecule has 4 aromatic rings. The smallest absolute Gasteiger partial charge is 0.305 e. The molecule has 60 heavy (non-hydrogen) atoms. The molecule has 0 aliphatic heterocycles. The van der Waals surface area contributed by atoms with Crippen molar-refractivity contribution < 1.29 is 29.4 Å². The van der Waals surface area contributed by atoms with Crippen LogP contribution < -0.4 is 33.6 Å². The van der Waals surface area contributed by atoms with Crippen molar-refractivity contribution in [1.29, 1.82) is 21.6 Å². The van der Waals surface area contributed by atoms with Crippen molar-refractivity contribution in [3.63, 3.8) is 0 Å². The van der Waals surface area contributed by atoms with Crippen molar-refractivity contribution in [2.75, 3.05) is 0 Å². The number of nitrogens with two attached hydrogens (primary N) is 4.